The minimum absolute atomic E-state index is 0.184. The molecule has 1 aromatic carbocycles. The first-order valence-corrected chi connectivity index (χ1v) is 4.87. The molecule has 0 radical (unpaired) electrons. The SMILES string of the molecule is COc1ccc(CO)cc1COCC(F)(F)F. The molecule has 0 aliphatic carbocycles. The Morgan fingerprint density at radius 3 is 2.53 bits per heavy atom. The van der Waals surface area contributed by atoms with Crippen LogP contribution in [0.1, 0.15) is 11.1 Å². The molecule has 0 saturated heterocycles. The molecule has 3 nitrogen and oxygen atoms in total. The smallest absolute Gasteiger partial charge is 0.411 e. The van der Waals surface area contributed by atoms with Gasteiger partial charge in [0.05, 0.1) is 20.3 Å². The normalized spacial score (nSPS) is 11.6. The first kappa shape index (κ1) is 13.8. The molecule has 1 aromatic rings. The van der Waals surface area contributed by atoms with Crippen LogP contribution in [-0.2, 0) is 18.0 Å². The zero-order valence-corrected chi connectivity index (χ0v) is 9.25. The first-order chi connectivity index (χ1) is 7.96. The van der Waals surface area contributed by atoms with Crippen molar-refractivity contribution in [3.8, 4) is 5.75 Å². The van der Waals surface area contributed by atoms with Gasteiger partial charge in [-0.25, -0.2) is 0 Å². The Kier molecular flexibility index (Phi) is 4.77. The molecule has 0 aromatic heterocycles. The van der Waals surface area contributed by atoms with Gasteiger partial charge in [-0.2, -0.15) is 13.2 Å². The van der Waals surface area contributed by atoms with Gasteiger partial charge < -0.3 is 14.6 Å². The highest BCUT2D eigenvalue weighted by Gasteiger charge is 2.27. The van der Waals surface area contributed by atoms with Gasteiger partial charge in [-0.1, -0.05) is 6.07 Å². The van der Waals surface area contributed by atoms with Gasteiger partial charge in [-0.15, -0.1) is 0 Å². The van der Waals surface area contributed by atoms with Crippen LogP contribution in [-0.4, -0.2) is 25.0 Å². The Balaban J connectivity index is 2.68. The van der Waals surface area contributed by atoms with Crippen molar-refractivity contribution in [3.63, 3.8) is 0 Å². The van der Waals surface area contributed by atoms with Crippen molar-refractivity contribution in [2.45, 2.75) is 19.4 Å². The molecule has 0 aliphatic rings. The predicted octanol–water partition coefficient (Wildman–Crippen LogP) is 2.27. The molecule has 0 spiro atoms. The zero-order chi connectivity index (χ0) is 12.9. The summed E-state index contributed by atoms with van der Waals surface area (Å²) in [6.07, 6.45) is -4.35. The largest absolute Gasteiger partial charge is 0.496 e. The molecular weight excluding hydrogens is 237 g/mol. The minimum atomic E-state index is -4.35. The first-order valence-electron chi connectivity index (χ1n) is 4.87. The van der Waals surface area contributed by atoms with E-state index in [4.69, 9.17) is 9.84 Å². The number of hydrogen-bond acceptors (Lipinski definition) is 3. The van der Waals surface area contributed by atoms with Crippen molar-refractivity contribution in [1.29, 1.82) is 0 Å². The molecular formula is C11H13F3O3. The van der Waals surface area contributed by atoms with E-state index in [0.717, 1.165) is 0 Å². The zero-order valence-electron chi connectivity index (χ0n) is 9.25. The van der Waals surface area contributed by atoms with Gasteiger partial charge in [0, 0.05) is 5.56 Å². The quantitative estimate of drug-likeness (QED) is 0.871. The lowest BCUT2D eigenvalue weighted by Crippen LogP contribution is -2.16. The second kappa shape index (κ2) is 5.88. The molecule has 0 atom stereocenters. The number of hydrogen-bond donors (Lipinski definition) is 1. The molecule has 17 heavy (non-hydrogen) atoms. The third-order valence-electron chi connectivity index (χ3n) is 2.05. The van der Waals surface area contributed by atoms with Gasteiger partial charge in [0.1, 0.15) is 12.4 Å². The number of halogens is 3. The van der Waals surface area contributed by atoms with Gasteiger partial charge in [0.25, 0.3) is 0 Å². The summed E-state index contributed by atoms with van der Waals surface area (Å²) in [4.78, 5) is 0. The summed E-state index contributed by atoms with van der Waals surface area (Å²) in [6, 6.07) is 4.76. The molecule has 0 fully saturated rings. The molecule has 0 amide bonds. The van der Waals surface area contributed by atoms with E-state index in [9.17, 15) is 13.2 Å². The van der Waals surface area contributed by atoms with Gasteiger partial charge in [-0.05, 0) is 17.7 Å². The molecule has 0 unspecified atom stereocenters. The van der Waals surface area contributed by atoms with Crippen molar-refractivity contribution in [2.24, 2.45) is 0 Å². The van der Waals surface area contributed by atoms with Crippen LogP contribution in [0.3, 0.4) is 0 Å². The predicted molar refractivity (Wildman–Crippen MR) is 54.6 cm³/mol. The minimum Gasteiger partial charge on any atom is -0.496 e. The monoisotopic (exact) mass is 250 g/mol. The molecule has 1 N–H and O–H groups in total. The number of methoxy groups -OCH3 is 1. The lowest BCUT2D eigenvalue weighted by Gasteiger charge is -2.11. The fourth-order valence-corrected chi connectivity index (χ4v) is 1.32. The molecule has 6 heteroatoms. The van der Waals surface area contributed by atoms with Crippen LogP contribution in [0.2, 0.25) is 0 Å². The fraction of sp³-hybridized carbons (Fsp3) is 0.455. The summed E-state index contributed by atoms with van der Waals surface area (Å²) in [5, 5.41) is 8.92. The Labute approximate surface area is 96.8 Å². The maximum Gasteiger partial charge on any atom is 0.411 e. The summed E-state index contributed by atoms with van der Waals surface area (Å²) in [7, 11) is 1.42. The third-order valence-corrected chi connectivity index (χ3v) is 2.05. The maximum absolute atomic E-state index is 11.9. The average Bonchev–Trinajstić information content (AvgIpc) is 2.27. The summed E-state index contributed by atoms with van der Waals surface area (Å²) < 4.78 is 45.2. The fourth-order valence-electron chi connectivity index (χ4n) is 1.32. The van der Waals surface area contributed by atoms with Crippen molar-refractivity contribution >= 4 is 0 Å². The highest BCUT2D eigenvalue weighted by atomic mass is 19.4. The van der Waals surface area contributed by atoms with Crippen molar-refractivity contribution < 1.29 is 27.8 Å². The van der Waals surface area contributed by atoms with Crippen molar-refractivity contribution in [2.75, 3.05) is 13.7 Å². The lowest BCUT2D eigenvalue weighted by atomic mass is 10.1. The molecule has 0 aliphatic heterocycles. The van der Waals surface area contributed by atoms with E-state index in [1.165, 1.54) is 7.11 Å². The summed E-state index contributed by atoms with van der Waals surface area (Å²) in [6.45, 7) is -1.70. The van der Waals surface area contributed by atoms with E-state index in [1.54, 1.807) is 18.2 Å². The highest BCUT2D eigenvalue weighted by molar-refractivity contribution is 5.36. The number of aliphatic hydroxyl groups excluding tert-OH is 1. The van der Waals surface area contributed by atoms with E-state index >= 15 is 0 Å². The highest BCUT2D eigenvalue weighted by Crippen LogP contribution is 2.22. The number of aliphatic hydroxyl groups is 1. The van der Waals surface area contributed by atoms with E-state index in [1.807, 2.05) is 0 Å². The van der Waals surface area contributed by atoms with Crippen LogP contribution >= 0.6 is 0 Å². The Bertz CT molecular complexity index is 363. The van der Waals surface area contributed by atoms with Crippen LogP contribution < -0.4 is 4.74 Å². The van der Waals surface area contributed by atoms with Gasteiger partial charge >= 0.3 is 6.18 Å². The molecule has 96 valence electrons. The summed E-state index contributed by atoms with van der Waals surface area (Å²) in [5.74, 6) is 0.435. The molecule has 1 rings (SSSR count). The molecule has 0 heterocycles. The second-order valence-electron chi connectivity index (χ2n) is 3.41. The topological polar surface area (TPSA) is 38.7 Å². The van der Waals surface area contributed by atoms with E-state index in [2.05, 4.69) is 4.74 Å². The van der Waals surface area contributed by atoms with Crippen LogP contribution in [0.5, 0.6) is 5.75 Å². The van der Waals surface area contributed by atoms with E-state index in [0.29, 0.717) is 16.9 Å². The van der Waals surface area contributed by atoms with Crippen LogP contribution in [0.15, 0.2) is 18.2 Å². The number of ether oxygens (including phenoxy) is 2. The van der Waals surface area contributed by atoms with E-state index < -0.39 is 12.8 Å². The average molecular weight is 250 g/mol. The standard InChI is InChI=1S/C11H13F3O3/c1-16-10-3-2-8(5-15)4-9(10)6-17-7-11(12,13)14/h2-4,15H,5-7H2,1H3. The number of benzene rings is 1. The van der Waals surface area contributed by atoms with Crippen LogP contribution in [0.4, 0.5) is 13.2 Å². The third kappa shape index (κ3) is 4.62. The van der Waals surface area contributed by atoms with Crippen LogP contribution in [0, 0.1) is 0 Å². The maximum atomic E-state index is 11.9. The summed E-state index contributed by atoms with van der Waals surface area (Å²) in [5.41, 5.74) is 1.07. The van der Waals surface area contributed by atoms with E-state index in [-0.39, 0.29) is 13.2 Å². The van der Waals surface area contributed by atoms with Crippen LogP contribution in [0.25, 0.3) is 0 Å². The molecule has 0 bridgehead atoms. The van der Waals surface area contributed by atoms with Gasteiger partial charge in [0.2, 0.25) is 0 Å². The Morgan fingerprint density at radius 2 is 2.00 bits per heavy atom. The number of alkyl halides is 3. The Morgan fingerprint density at radius 1 is 1.29 bits per heavy atom. The molecule has 0 saturated carbocycles. The summed E-state index contributed by atoms with van der Waals surface area (Å²) >= 11 is 0. The lowest BCUT2D eigenvalue weighted by molar-refractivity contribution is -0.176. The van der Waals surface area contributed by atoms with Gasteiger partial charge in [0.15, 0.2) is 0 Å². The van der Waals surface area contributed by atoms with Crippen molar-refractivity contribution in [3.05, 3.63) is 29.3 Å². The second-order valence-corrected chi connectivity index (χ2v) is 3.41. The Hall–Kier alpha value is -1.27. The van der Waals surface area contributed by atoms with Gasteiger partial charge in [-0.3, -0.25) is 0 Å². The number of rotatable bonds is 5. The van der Waals surface area contributed by atoms with Crippen molar-refractivity contribution in [1.82, 2.24) is 0 Å².